The summed E-state index contributed by atoms with van der Waals surface area (Å²) < 4.78 is 5.75. The van der Waals surface area contributed by atoms with Crippen molar-refractivity contribution in [3.05, 3.63) is 102 Å². The summed E-state index contributed by atoms with van der Waals surface area (Å²) in [5.74, 6) is 1.09. The molecule has 4 rings (SSSR count). The molecule has 0 aliphatic carbocycles. The lowest BCUT2D eigenvalue weighted by atomic mass is 9.99. The molecule has 3 aromatic carbocycles. The largest absolute Gasteiger partial charge is 0.491 e. The van der Waals surface area contributed by atoms with Gasteiger partial charge in [0.15, 0.2) is 0 Å². The average molecular weight is 467 g/mol. The lowest BCUT2D eigenvalue weighted by Crippen LogP contribution is -2.20. The van der Waals surface area contributed by atoms with E-state index in [4.69, 9.17) is 9.72 Å². The minimum Gasteiger partial charge on any atom is -0.491 e. The standard InChI is InChI=1S/C29H26N2O2S/c1-2-21-13-15-25(16-14-21)33-19-24(32)20-34-29-27(18-30)26(22-9-5-3-6-10-22)17-28(31-29)23-11-7-4-8-12-23/h3-17,24,32H,2,19-20H2,1H3/t24-/m1/s1. The van der Waals surface area contributed by atoms with E-state index in [2.05, 4.69) is 13.0 Å². The molecule has 1 atom stereocenters. The molecule has 0 radical (unpaired) electrons. The highest BCUT2D eigenvalue weighted by molar-refractivity contribution is 7.99. The fourth-order valence-electron chi connectivity index (χ4n) is 3.57. The molecule has 34 heavy (non-hydrogen) atoms. The van der Waals surface area contributed by atoms with Gasteiger partial charge in [-0.2, -0.15) is 5.26 Å². The molecule has 1 heterocycles. The number of aliphatic hydroxyl groups excluding tert-OH is 1. The van der Waals surface area contributed by atoms with Crippen LogP contribution in [-0.4, -0.2) is 28.6 Å². The first-order valence-corrected chi connectivity index (χ1v) is 12.2. The molecule has 0 saturated carbocycles. The maximum absolute atomic E-state index is 10.6. The highest BCUT2D eigenvalue weighted by Crippen LogP contribution is 2.34. The second-order valence-corrected chi connectivity index (χ2v) is 8.86. The van der Waals surface area contributed by atoms with Crippen LogP contribution in [0.2, 0.25) is 0 Å². The maximum Gasteiger partial charge on any atom is 0.119 e. The third kappa shape index (κ3) is 5.85. The van der Waals surface area contributed by atoms with Crippen LogP contribution in [0, 0.1) is 11.3 Å². The van der Waals surface area contributed by atoms with Gasteiger partial charge in [-0.3, -0.25) is 0 Å². The predicted molar refractivity (Wildman–Crippen MR) is 138 cm³/mol. The quantitative estimate of drug-likeness (QED) is 0.290. The Morgan fingerprint density at radius 1 is 0.941 bits per heavy atom. The van der Waals surface area contributed by atoms with E-state index in [0.717, 1.165) is 34.6 Å². The van der Waals surface area contributed by atoms with Crippen molar-refractivity contribution < 1.29 is 9.84 Å². The first-order valence-electron chi connectivity index (χ1n) is 11.3. The van der Waals surface area contributed by atoms with Gasteiger partial charge in [-0.1, -0.05) is 79.7 Å². The molecule has 5 heteroatoms. The van der Waals surface area contributed by atoms with Gasteiger partial charge in [0.2, 0.25) is 0 Å². The molecule has 4 nitrogen and oxygen atoms in total. The second kappa shape index (κ2) is 11.5. The fourth-order valence-corrected chi connectivity index (χ4v) is 4.48. The number of pyridine rings is 1. The van der Waals surface area contributed by atoms with Crippen molar-refractivity contribution >= 4 is 11.8 Å². The van der Waals surface area contributed by atoms with Crippen molar-refractivity contribution in [2.24, 2.45) is 0 Å². The summed E-state index contributed by atoms with van der Waals surface area (Å²) in [5, 5.41) is 21.1. The molecule has 0 aliphatic rings. The van der Waals surface area contributed by atoms with E-state index in [0.29, 0.717) is 16.3 Å². The molecule has 170 valence electrons. The smallest absolute Gasteiger partial charge is 0.119 e. The van der Waals surface area contributed by atoms with Gasteiger partial charge in [0, 0.05) is 16.9 Å². The lowest BCUT2D eigenvalue weighted by Gasteiger charge is -2.15. The third-order valence-electron chi connectivity index (χ3n) is 5.44. The SMILES string of the molecule is CCc1ccc(OC[C@@H](O)CSc2nc(-c3ccccc3)cc(-c3ccccc3)c2C#N)cc1. The maximum atomic E-state index is 10.6. The number of thioether (sulfide) groups is 1. The van der Waals surface area contributed by atoms with E-state index in [-0.39, 0.29) is 6.61 Å². The van der Waals surface area contributed by atoms with E-state index >= 15 is 0 Å². The van der Waals surface area contributed by atoms with Crippen LogP contribution in [0.4, 0.5) is 0 Å². The number of aliphatic hydroxyl groups is 1. The van der Waals surface area contributed by atoms with Crippen LogP contribution in [-0.2, 0) is 6.42 Å². The highest BCUT2D eigenvalue weighted by atomic mass is 32.2. The van der Waals surface area contributed by atoms with E-state index in [1.807, 2.05) is 91.0 Å². The minimum absolute atomic E-state index is 0.171. The molecule has 0 amide bonds. The highest BCUT2D eigenvalue weighted by Gasteiger charge is 2.17. The summed E-state index contributed by atoms with van der Waals surface area (Å²) >= 11 is 1.37. The van der Waals surface area contributed by atoms with Crippen molar-refractivity contribution in [3.63, 3.8) is 0 Å². The van der Waals surface area contributed by atoms with Crippen LogP contribution in [0.3, 0.4) is 0 Å². The van der Waals surface area contributed by atoms with Gasteiger partial charge >= 0.3 is 0 Å². The van der Waals surface area contributed by atoms with Crippen LogP contribution in [0.25, 0.3) is 22.4 Å². The third-order valence-corrected chi connectivity index (χ3v) is 6.56. The number of hydrogen-bond acceptors (Lipinski definition) is 5. The second-order valence-electron chi connectivity index (χ2n) is 7.85. The Morgan fingerprint density at radius 2 is 1.59 bits per heavy atom. The minimum atomic E-state index is -0.704. The number of benzene rings is 3. The van der Waals surface area contributed by atoms with Crippen LogP contribution >= 0.6 is 11.8 Å². The zero-order valence-corrected chi connectivity index (χ0v) is 19.8. The Balaban J connectivity index is 1.55. The van der Waals surface area contributed by atoms with Crippen LogP contribution in [0.1, 0.15) is 18.1 Å². The van der Waals surface area contributed by atoms with Crippen molar-refractivity contribution in [2.45, 2.75) is 24.5 Å². The van der Waals surface area contributed by atoms with E-state index < -0.39 is 6.10 Å². The van der Waals surface area contributed by atoms with Gasteiger partial charge in [0.25, 0.3) is 0 Å². The molecule has 0 fully saturated rings. The zero-order chi connectivity index (χ0) is 23.8. The van der Waals surface area contributed by atoms with E-state index in [9.17, 15) is 10.4 Å². The van der Waals surface area contributed by atoms with Gasteiger partial charge in [-0.25, -0.2) is 4.98 Å². The number of rotatable bonds is 9. The van der Waals surface area contributed by atoms with Gasteiger partial charge in [0.05, 0.1) is 17.4 Å². The Morgan fingerprint density at radius 3 is 2.21 bits per heavy atom. The number of aromatic nitrogens is 1. The number of nitriles is 1. The first-order chi connectivity index (χ1) is 16.7. The summed E-state index contributed by atoms with van der Waals surface area (Å²) in [7, 11) is 0. The lowest BCUT2D eigenvalue weighted by molar-refractivity contribution is 0.126. The Bertz CT molecular complexity index is 1250. The molecule has 0 spiro atoms. The molecule has 0 aliphatic heterocycles. The molecule has 0 saturated heterocycles. The Kier molecular flexibility index (Phi) is 7.98. The topological polar surface area (TPSA) is 66.1 Å². The normalized spacial score (nSPS) is 11.6. The summed E-state index contributed by atoms with van der Waals surface area (Å²) in [6, 6.07) is 32.0. The van der Waals surface area contributed by atoms with Crippen LogP contribution in [0.5, 0.6) is 5.75 Å². The van der Waals surface area contributed by atoms with E-state index in [1.54, 1.807) is 0 Å². The van der Waals surface area contributed by atoms with Crippen molar-refractivity contribution in [1.82, 2.24) is 4.98 Å². The number of aryl methyl sites for hydroxylation is 1. The monoisotopic (exact) mass is 466 g/mol. The summed E-state index contributed by atoms with van der Waals surface area (Å²) in [6.45, 7) is 2.28. The molecular formula is C29H26N2O2S. The van der Waals surface area contributed by atoms with E-state index in [1.165, 1.54) is 17.3 Å². The number of ether oxygens (including phenoxy) is 1. The molecule has 0 unspecified atom stereocenters. The first kappa shape index (κ1) is 23.6. The summed E-state index contributed by atoms with van der Waals surface area (Å²) in [6.07, 6.45) is 0.269. The number of nitrogens with zero attached hydrogens (tertiary/aromatic N) is 2. The molecule has 1 N–H and O–H groups in total. The van der Waals surface area contributed by atoms with Crippen molar-refractivity contribution in [1.29, 1.82) is 5.26 Å². The summed E-state index contributed by atoms with van der Waals surface area (Å²) in [5.41, 5.74) is 5.32. The van der Waals surface area contributed by atoms with Gasteiger partial charge in [0.1, 0.15) is 23.5 Å². The van der Waals surface area contributed by atoms with Gasteiger partial charge < -0.3 is 9.84 Å². The molecule has 4 aromatic rings. The van der Waals surface area contributed by atoms with Crippen LogP contribution in [0.15, 0.2) is 96.0 Å². The molecular weight excluding hydrogens is 440 g/mol. The Hall–Kier alpha value is -3.59. The average Bonchev–Trinajstić information content (AvgIpc) is 2.91. The summed E-state index contributed by atoms with van der Waals surface area (Å²) in [4.78, 5) is 4.80. The van der Waals surface area contributed by atoms with Crippen molar-refractivity contribution in [2.75, 3.05) is 12.4 Å². The fraction of sp³-hybridized carbons (Fsp3) is 0.172. The zero-order valence-electron chi connectivity index (χ0n) is 19.0. The molecule has 1 aromatic heterocycles. The van der Waals surface area contributed by atoms with Gasteiger partial charge in [-0.05, 0) is 35.7 Å². The Labute approximate surface area is 204 Å². The number of hydrogen-bond donors (Lipinski definition) is 1. The predicted octanol–water partition coefficient (Wildman–Crippen LogP) is 6.38. The van der Waals surface area contributed by atoms with Crippen molar-refractivity contribution in [3.8, 4) is 34.2 Å². The van der Waals surface area contributed by atoms with Gasteiger partial charge in [-0.15, -0.1) is 11.8 Å². The molecule has 0 bridgehead atoms. The van der Waals surface area contributed by atoms with Crippen LogP contribution < -0.4 is 4.74 Å².